The molecule has 1 N–H and O–H groups in total. The monoisotopic (exact) mass is 459 g/mol. The van der Waals surface area contributed by atoms with E-state index >= 15 is 0 Å². The average molecular weight is 460 g/mol. The Kier molecular flexibility index (Phi) is 6.02. The number of aromatic nitrogens is 3. The number of carbonyl (C=O) groups excluding carboxylic acids is 1. The molecule has 0 atom stereocenters. The average Bonchev–Trinajstić information content (AvgIpc) is 2.79. The number of methoxy groups -OCH3 is 1. The number of carbonyl (C=O) groups is 1. The van der Waals surface area contributed by atoms with Crippen molar-refractivity contribution in [1.82, 2.24) is 19.3 Å². The van der Waals surface area contributed by atoms with Gasteiger partial charge in [-0.05, 0) is 31.0 Å². The number of rotatable bonds is 5. The predicted octanol–water partition coefficient (Wildman–Crippen LogP) is 2.45. The number of sulfonamides is 1. The highest BCUT2D eigenvalue weighted by atomic mass is 32.2. The molecular weight excluding hydrogens is 437 g/mol. The molecule has 2 aromatic heterocycles. The summed E-state index contributed by atoms with van der Waals surface area (Å²) in [6.07, 6.45) is 4.98. The molecule has 1 saturated heterocycles. The van der Waals surface area contributed by atoms with Crippen molar-refractivity contribution in [3.63, 3.8) is 0 Å². The third-order valence-corrected chi connectivity index (χ3v) is 6.72. The van der Waals surface area contributed by atoms with Gasteiger partial charge >= 0.3 is 5.97 Å². The van der Waals surface area contributed by atoms with E-state index in [1.165, 1.54) is 23.9 Å². The van der Waals surface area contributed by atoms with Crippen LogP contribution in [0.2, 0.25) is 0 Å². The zero-order valence-electron chi connectivity index (χ0n) is 17.6. The third kappa shape index (κ3) is 4.53. The standard InChI is InChI=1S/C21H22FN5O4S/c1-31-20(28)15-5-8-23-18-4-3-13(11-16(15)18)19-17(22)12-24-21(26-19)25-14-6-9-27(10-7-14)32(2,29)30/h3-5,8,11-12,14H,6-7,9-10H2,1-2H3,(H,24,25,26). The van der Waals surface area contributed by atoms with Crippen molar-refractivity contribution < 1.29 is 22.3 Å². The van der Waals surface area contributed by atoms with Crippen molar-refractivity contribution in [1.29, 1.82) is 0 Å². The molecule has 0 aliphatic carbocycles. The van der Waals surface area contributed by atoms with E-state index in [0.29, 0.717) is 48.0 Å². The molecule has 0 unspecified atom stereocenters. The molecule has 32 heavy (non-hydrogen) atoms. The van der Waals surface area contributed by atoms with Gasteiger partial charge in [0.05, 0.1) is 30.6 Å². The highest BCUT2D eigenvalue weighted by Gasteiger charge is 2.25. The van der Waals surface area contributed by atoms with Gasteiger partial charge in [0, 0.05) is 36.3 Å². The lowest BCUT2D eigenvalue weighted by molar-refractivity contribution is 0.0603. The lowest BCUT2D eigenvalue weighted by atomic mass is 10.0. The summed E-state index contributed by atoms with van der Waals surface area (Å²) >= 11 is 0. The second-order valence-corrected chi connectivity index (χ2v) is 9.54. The number of ether oxygens (including phenoxy) is 1. The van der Waals surface area contributed by atoms with Crippen LogP contribution in [0.5, 0.6) is 0 Å². The predicted molar refractivity (Wildman–Crippen MR) is 117 cm³/mol. The second-order valence-electron chi connectivity index (χ2n) is 7.55. The topological polar surface area (TPSA) is 114 Å². The first-order valence-corrected chi connectivity index (χ1v) is 11.8. The van der Waals surface area contributed by atoms with Gasteiger partial charge in [0.15, 0.2) is 5.82 Å². The Morgan fingerprint density at radius 2 is 1.97 bits per heavy atom. The van der Waals surface area contributed by atoms with Gasteiger partial charge in [0.1, 0.15) is 5.69 Å². The van der Waals surface area contributed by atoms with E-state index in [1.54, 1.807) is 24.3 Å². The number of halogens is 1. The van der Waals surface area contributed by atoms with E-state index in [9.17, 15) is 17.6 Å². The van der Waals surface area contributed by atoms with Gasteiger partial charge in [-0.25, -0.2) is 31.9 Å². The molecule has 9 nitrogen and oxygen atoms in total. The fourth-order valence-electron chi connectivity index (χ4n) is 3.73. The molecule has 0 radical (unpaired) electrons. The number of benzene rings is 1. The minimum absolute atomic E-state index is 0.0296. The van der Waals surface area contributed by atoms with Gasteiger partial charge in [0.2, 0.25) is 16.0 Å². The van der Waals surface area contributed by atoms with Crippen molar-refractivity contribution in [3.8, 4) is 11.3 Å². The van der Waals surface area contributed by atoms with Crippen molar-refractivity contribution in [2.75, 3.05) is 31.8 Å². The molecule has 1 aliphatic heterocycles. The molecule has 0 spiro atoms. The molecule has 168 valence electrons. The third-order valence-electron chi connectivity index (χ3n) is 5.42. The van der Waals surface area contributed by atoms with Crippen LogP contribution in [-0.4, -0.2) is 66.1 Å². The van der Waals surface area contributed by atoms with E-state index in [1.807, 2.05) is 0 Å². The quantitative estimate of drug-likeness (QED) is 0.579. The summed E-state index contributed by atoms with van der Waals surface area (Å²) in [5.41, 5.74) is 1.44. The minimum Gasteiger partial charge on any atom is -0.465 e. The van der Waals surface area contributed by atoms with Crippen LogP contribution in [0.4, 0.5) is 10.3 Å². The maximum Gasteiger partial charge on any atom is 0.338 e. The van der Waals surface area contributed by atoms with Gasteiger partial charge in [0.25, 0.3) is 0 Å². The van der Waals surface area contributed by atoms with Crippen LogP contribution in [0.3, 0.4) is 0 Å². The first kappa shape index (κ1) is 22.0. The van der Waals surface area contributed by atoms with Crippen LogP contribution < -0.4 is 5.32 Å². The molecule has 1 aliphatic rings. The fourth-order valence-corrected chi connectivity index (χ4v) is 4.61. The molecule has 1 aromatic carbocycles. The molecule has 0 saturated carbocycles. The Bertz CT molecular complexity index is 1280. The summed E-state index contributed by atoms with van der Waals surface area (Å²) < 4.78 is 44.2. The Hall–Kier alpha value is -3.18. The molecule has 4 rings (SSSR count). The number of piperidine rings is 1. The van der Waals surface area contributed by atoms with Crippen molar-refractivity contribution in [2.24, 2.45) is 0 Å². The summed E-state index contributed by atoms with van der Waals surface area (Å²) in [7, 11) is -1.92. The smallest absolute Gasteiger partial charge is 0.338 e. The van der Waals surface area contributed by atoms with E-state index in [0.717, 1.165) is 6.20 Å². The normalized spacial score (nSPS) is 15.6. The maximum atomic E-state index is 14.6. The van der Waals surface area contributed by atoms with Gasteiger partial charge in [-0.1, -0.05) is 6.07 Å². The largest absolute Gasteiger partial charge is 0.465 e. The zero-order valence-corrected chi connectivity index (χ0v) is 18.4. The molecule has 11 heteroatoms. The van der Waals surface area contributed by atoms with Crippen LogP contribution in [0, 0.1) is 5.82 Å². The molecule has 0 bridgehead atoms. The molecular formula is C21H22FN5O4S. The fraction of sp³-hybridized carbons (Fsp3) is 0.333. The molecule has 3 aromatic rings. The van der Waals surface area contributed by atoms with E-state index in [4.69, 9.17) is 4.74 Å². The molecule has 1 fully saturated rings. The van der Waals surface area contributed by atoms with Gasteiger partial charge in [-0.3, -0.25) is 4.98 Å². The van der Waals surface area contributed by atoms with Crippen LogP contribution in [-0.2, 0) is 14.8 Å². The van der Waals surface area contributed by atoms with Gasteiger partial charge in [-0.2, -0.15) is 0 Å². The molecule has 0 amide bonds. The Balaban J connectivity index is 1.61. The highest BCUT2D eigenvalue weighted by Crippen LogP contribution is 2.27. The van der Waals surface area contributed by atoms with Crippen molar-refractivity contribution in [2.45, 2.75) is 18.9 Å². The SMILES string of the molecule is COC(=O)c1ccnc2ccc(-c3nc(NC4CCN(S(C)(=O)=O)CC4)ncc3F)cc12. The summed E-state index contributed by atoms with van der Waals surface area (Å²) in [5, 5.41) is 3.69. The first-order chi connectivity index (χ1) is 15.3. The maximum absolute atomic E-state index is 14.6. The number of fused-ring (bicyclic) bond motifs is 1. The lowest BCUT2D eigenvalue weighted by Crippen LogP contribution is -2.42. The highest BCUT2D eigenvalue weighted by molar-refractivity contribution is 7.88. The number of anilines is 1. The van der Waals surface area contributed by atoms with Crippen molar-refractivity contribution >= 4 is 32.8 Å². The zero-order chi connectivity index (χ0) is 22.9. The number of pyridine rings is 1. The van der Waals surface area contributed by atoms with Crippen LogP contribution >= 0.6 is 0 Å². The lowest BCUT2D eigenvalue weighted by Gasteiger charge is -2.30. The summed E-state index contributed by atoms with van der Waals surface area (Å²) in [5.74, 6) is -0.871. The number of esters is 1. The second kappa shape index (κ2) is 8.75. The van der Waals surface area contributed by atoms with Crippen LogP contribution in [0.1, 0.15) is 23.2 Å². The van der Waals surface area contributed by atoms with E-state index in [-0.39, 0.29) is 17.7 Å². The first-order valence-electron chi connectivity index (χ1n) is 9.98. The number of nitrogens with one attached hydrogen (secondary N) is 1. The van der Waals surface area contributed by atoms with E-state index in [2.05, 4.69) is 20.3 Å². The Morgan fingerprint density at radius 1 is 1.22 bits per heavy atom. The summed E-state index contributed by atoms with van der Waals surface area (Å²) in [6.45, 7) is 0.803. The summed E-state index contributed by atoms with van der Waals surface area (Å²) in [6, 6.07) is 6.53. The van der Waals surface area contributed by atoms with Gasteiger partial charge < -0.3 is 10.1 Å². The Labute approximate surface area is 184 Å². The number of hydrogen-bond acceptors (Lipinski definition) is 8. The van der Waals surface area contributed by atoms with Crippen LogP contribution in [0.15, 0.2) is 36.7 Å². The Morgan fingerprint density at radius 3 is 2.66 bits per heavy atom. The van der Waals surface area contributed by atoms with Crippen LogP contribution in [0.25, 0.3) is 22.2 Å². The van der Waals surface area contributed by atoms with Gasteiger partial charge in [-0.15, -0.1) is 0 Å². The summed E-state index contributed by atoms with van der Waals surface area (Å²) in [4.78, 5) is 24.7. The molecule has 3 heterocycles. The number of nitrogens with zero attached hydrogens (tertiary/aromatic N) is 4. The van der Waals surface area contributed by atoms with Crippen molar-refractivity contribution in [3.05, 3.63) is 48.0 Å². The number of hydrogen-bond donors (Lipinski definition) is 1. The van der Waals surface area contributed by atoms with E-state index < -0.39 is 21.8 Å². The minimum atomic E-state index is -3.21.